The SMILES string of the molecule is CCCCCCCCCCCCCCCCS(=O)(=O)C1CCC(OP(=O)(O)O)C1. The molecule has 1 saturated carbocycles. The van der Waals surface area contributed by atoms with Gasteiger partial charge in [0.15, 0.2) is 9.84 Å². The highest BCUT2D eigenvalue weighted by Gasteiger charge is 2.37. The van der Waals surface area contributed by atoms with Crippen LogP contribution in [0.2, 0.25) is 0 Å². The van der Waals surface area contributed by atoms with Gasteiger partial charge in [0, 0.05) is 0 Å². The molecular weight excluding hydrogens is 411 g/mol. The topological polar surface area (TPSA) is 101 Å². The summed E-state index contributed by atoms with van der Waals surface area (Å²) in [5, 5.41) is -0.513. The molecule has 0 heterocycles. The van der Waals surface area contributed by atoms with E-state index in [4.69, 9.17) is 9.79 Å². The minimum Gasteiger partial charge on any atom is -0.303 e. The first-order valence-electron chi connectivity index (χ1n) is 11.7. The van der Waals surface area contributed by atoms with E-state index < -0.39 is 29.0 Å². The van der Waals surface area contributed by atoms with Gasteiger partial charge in [-0.15, -0.1) is 0 Å². The number of hydrogen-bond donors (Lipinski definition) is 2. The molecule has 1 rings (SSSR count). The normalized spacial score (nSPS) is 20.4. The third kappa shape index (κ3) is 13.9. The van der Waals surface area contributed by atoms with Gasteiger partial charge in [-0.3, -0.25) is 4.52 Å². The Morgan fingerprint density at radius 3 is 1.69 bits per heavy atom. The van der Waals surface area contributed by atoms with Crippen LogP contribution in [0.25, 0.3) is 0 Å². The van der Waals surface area contributed by atoms with E-state index in [1.165, 1.54) is 70.6 Å². The van der Waals surface area contributed by atoms with E-state index in [1.54, 1.807) is 0 Å². The summed E-state index contributed by atoms with van der Waals surface area (Å²) < 4.78 is 40.4. The lowest BCUT2D eigenvalue weighted by atomic mass is 10.0. The molecule has 0 aliphatic heterocycles. The van der Waals surface area contributed by atoms with Gasteiger partial charge in [-0.1, -0.05) is 90.4 Å². The second-order valence-corrected chi connectivity index (χ2v) is 12.2. The number of rotatable bonds is 18. The molecule has 0 aromatic rings. The van der Waals surface area contributed by atoms with E-state index >= 15 is 0 Å². The fourth-order valence-electron chi connectivity index (χ4n) is 4.18. The molecule has 174 valence electrons. The Balaban J connectivity index is 1.97. The van der Waals surface area contributed by atoms with Crippen LogP contribution in [0.1, 0.15) is 116 Å². The average Bonchev–Trinajstić information content (AvgIpc) is 3.09. The summed E-state index contributed by atoms with van der Waals surface area (Å²) >= 11 is 0. The smallest absolute Gasteiger partial charge is 0.303 e. The van der Waals surface area contributed by atoms with Crippen LogP contribution in [0, 0.1) is 0 Å². The van der Waals surface area contributed by atoms with Crippen molar-refractivity contribution >= 4 is 17.7 Å². The fraction of sp³-hybridized carbons (Fsp3) is 1.00. The molecule has 0 bridgehead atoms. The highest BCUT2D eigenvalue weighted by Crippen LogP contribution is 2.42. The molecule has 0 spiro atoms. The van der Waals surface area contributed by atoms with E-state index in [-0.39, 0.29) is 12.2 Å². The second kappa shape index (κ2) is 15.0. The summed E-state index contributed by atoms with van der Waals surface area (Å²) in [7, 11) is -7.74. The van der Waals surface area contributed by atoms with Crippen molar-refractivity contribution in [3.05, 3.63) is 0 Å². The van der Waals surface area contributed by atoms with Crippen LogP contribution in [0.4, 0.5) is 0 Å². The molecule has 0 aromatic carbocycles. The van der Waals surface area contributed by atoms with Gasteiger partial charge in [0.2, 0.25) is 0 Å². The number of hydrogen-bond acceptors (Lipinski definition) is 4. The van der Waals surface area contributed by atoms with Gasteiger partial charge in [0.25, 0.3) is 0 Å². The Bertz CT molecular complexity index is 560. The molecule has 6 nitrogen and oxygen atoms in total. The quantitative estimate of drug-likeness (QED) is 0.197. The Kier molecular flexibility index (Phi) is 14.0. The molecule has 0 saturated heterocycles. The third-order valence-corrected chi connectivity index (χ3v) is 8.79. The summed E-state index contributed by atoms with van der Waals surface area (Å²) in [4.78, 5) is 17.7. The second-order valence-electron chi connectivity index (χ2n) is 8.62. The van der Waals surface area contributed by atoms with Gasteiger partial charge in [0.05, 0.1) is 17.1 Å². The lowest BCUT2D eigenvalue weighted by Crippen LogP contribution is -2.22. The first kappa shape index (κ1) is 27.1. The Morgan fingerprint density at radius 1 is 0.793 bits per heavy atom. The summed E-state index contributed by atoms with van der Waals surface area (Å²) in [5.41, 5.74) is 0. The highest BCUT2D eigenvalue weighted by atomic mass is 32.2. The molecular formula is C21H43O6PS. The maximum atomic E-state index is 12.4. The first-order valence-corrected chi connectivity index (χ1v) is 14.9. The van der Waals surface area contributed by atoms with Gasteiger partial charge < -0.3 is 9.79 Å². The van der Waals surface area contributed by atoms with Crippen LogP contribution in [-0.2, 0) is 18.9 Å². The van der Waals surface area contributed by atoms with Crippen molar-refractivity contribution in [2.75, 3.05) is 5.75 Å². The zero-order valence-electron chi connectivity index (χ0n) is 18.3. The minimum absolute atomic E-state index is 0.179. The minimum atomic E-state index is -4.54. The lowest BCUT2D eigenvalue weighted by Gasteiger charge is -2.13. The van der Waals surface area contributed by atoms with Gasteiger partial charge in [-0.2, -0.15) is 0 Å². The first-order chi connectivity index (χ1) is 13.7. The van der Waals surface area contributed by atoms with Gasteiger partial charge in [-0.05, 0) is 25.7 Å². The molecule has 0 aromatic heterocycles. The van der Waals surface area contributed by atoms with Gasteiger partial charge in [0.1, 0.15) is 0 Å². The Morgan fingerprint density at radius 2 is 1.24 bits per heavy atom. The predicted octanol–water partition coefficient (Wildman–Crippen LogP) is 5.91. The number of phosphoric acid groups is 1. The third-order valence-electron chi connectivity index (χ3n) is 5.91. The van der Waals surface area contributed by atoms with Gasteiger partial charge >= 0.3 is 7.82 Å². The number of sulfone groups is 1. The molecule has 29 heavy (non-hydrogen) atoms. The molecule has 1 aliphatic rings. The number of phosphoric ester groups is 1. The standard InChI is InChI=1S/C21H43O6PS/c1-2-3-4-5-6-7-8-9-10-11-12-13-14-15-18-29(25,26)21-17-16-20(19-21)27-28(22,23)24/h20-21H,2-19H2,1H3,(H2,22,23,24). The summed E-state index contributed by atoms with van der Waals surface area (Å²) in [5.74, 6) is 0.179. The van der Waals surface area contributed by atoms with Crippen LogP contribution >= 0.6 is 7.82 Å². The molecule has 8 heteroatoms. The number of unbranched alkanes of at least 4 members (excludes halogenated alkanes) is 13. The summed E-state index contributed by atoms with van der Waals surface area (Å²) in [6.45, 7) is 2.25. The highest BCUT2D eigenvalue weighted by molar-refractivity contribution is 7.92. The molecule has 1 fully saturated rings. The zero-order chi connectivity index (χ0) is 21.6. The van der Waals surface area contributed by atoms with Crippen LogP contribution in [0.3, 0.4) is 0 Å². The van der Waals surface area contributed by atoms with Crippen molar-refractivity contribution in [3.8, 4) is 0 Å². The van der Waals surface area contributed by atoms with E-state index in [9.17, 15) is 13.0 Å². The van der Waals surface area contributed by atoms with Crippen molar-refractivity contribution in [1.29, 1.82) is 0 Å². The maximum absolute atomic E-state index is 12.4. The summed E-state index contributed by atoms with van der Waals surface area (Å²) in [6, 6.07) is 0. The molecule has 0 radical (unpaired) electrons. The Labute approximate surface area is 178 Å². The lowest BCUT2D eigenvalue weighted by molar-refractivity contribution is 0.137. The maximum Gasteiger partial charge on any atom is 0.469 e. The van der Waals surface area contributed by atoms with Crippen molar-refractivity contribution in [3.63, 3.8) is 0 Å². The van der Waals surface area contributed by atoms with Crippen LogP contribution < -0.4 is 0 Å². The molecule has 1 aliphatic carbocycles. The Hall–Kier alpha value is 0.0600. The van der Waals surface area contributed by atoms with Crippen LogP contribution in [-0.4, -0.2) is 35.3 Å². The van der Waals surface area contributed by atoms with Gasteiger partial charge in [-0.25, -0.2) is 13.0 Å². The van der Waals surface area contributed by atoms with Crippen molar-refractivity contribution in [2.24, 2.45) is 0 Å². The summed E-state index contributed by atoms with van der Waals surface area (Å²) in [6.07, 6.45) is 17.6. The molecule has 0 amide bonds. The fourth-order valence-corrected chi connectivity index (χ4v) is 6.70. The molecule has 2 N–H and O–H groups in total. The molecule has 2 unspecified atom stereocenters. The van der Waals surface area contributed by atoms with Crippen LogP contribution in [0.5, 0.6) is 0 Å². The zero-order valence-corrected chi connectivity index (χ0v) is 20.0. The largest absolute Gasteiger partial charge is 0.469 e. The van der Waals surface area contributed by atoms with Crippen molar-refractivity contribution in [2.45, 2.75) is 127 Å². The van der Waals surface area contributed by atoms with E-state index in [0.29, 0.717) is 19.3 Å². The van der Waals surface area contributed by atoms with E-state index in [2.05, 4.69) is 11.4 Å². The van der Waals surface area contributed by atoms with Crippen molar-refractivity contribution < 1.29 is 27.3 Å². The molecule has 2 atom stereocenters. The average molecular weight is 455 g/mol. The monoisotopic (exact) mass is 454 g/mol. The van der Waals surface area contributed by atoms with Crippen LogP contribution in [0.15, 0.2) is 0 Å². The predicted molar refractivity (Wildman–Crippen MR) is 119 cm³/mol. The van der Waals surface area contributed by atoms with E-state index in [0.717, 1.165) is 12.8 Å². The van der Waals surface area contributed by atoms with Crippen molar-refractivity contribution in [1.82, 2.24) is 0 Å². The van der Waals surface area contributed by atoms with E-state index in [1.807, 2.05) is 0 Å².